The Morgan fingerprint density at radius 3 is 2.88 bits per heavy atom. The maximum atomic E-state index is 5.40. The third kappa shape index (κ3) is 2.32. The van der Waals surface area contributed by atoms with Crippen molar-refractivity contribution in [2.24, 2.45) is 11.8 Å². The minimum atomic E-state index is 0.525. The van der Waals surface area contributed by atoms with Crippen LogP contribution in [0.4, 0.5) is 5.82 Å². The summed E-state index contributed by atoms with van der Waals surface area (Å²) in [6, 6.07) is 1.87. The molecule has 0 aliphatic heterocycles. The SMILES string of the molecule is CCC1CCC(c2nc(C)cc(NN)n2)C1. The molecule has 4 heteroatoms. The van der Waals surface area contributed by atoms with Crippen LogP contribution < -0.4 is 11.3 Å². The first-order chi connectivity index (χ1) is 7.72. The zero-order chi connectivity index (χ0) is 11.5. The van der Waals surface area contributed by atoms with Gasteiger partial charge in [-0.15, -0.1) is 0 Å². The molecule has 1 aliphatic carbocycles. The van der Waals surface area contributed by atoms with E-state index in [-0.39, 0.29) is 0 Å². The van der Waals surface area contributed by atoms with Crippen molar-refractivity contribution >= 4 is 5.82 Å². The summed E-state index contributed by atoms with van der Waals surface area (Å²) in [6.45, 7) is 4.25. The fourth-order valence-electron chi connectivity index (χ4n) is 2.53. The van der Waals surface area contributed by atoms with Gasteiger partial charge in [-0.3, -0.25) is 0 Å². The van der Waals surface area contributed by atoms with Gasteiger partial charge in [0.2, 0.25) is 0 Å². The van der Waals surface area contributed by atoms with Crippen molar-refractivity contribution in [1.29, 1.82) is 0 Å². The van der Waals surface area contributed by atoms with Gasteiger partial charge in [0.1, 0.15) is 11.6 Å². The monoisotopic (exact) mass is 220 g/mol. The molecule has 0 bridgehead atoms. The zero-order valence-electron chi connectivity index (χ0n) is 10.0. The smallest absolute Gasteiger partial charge is 0.143 e. The summed E-state index contributed by atoms with van der Waals surface area (Å²) in [4.78, 5) is 8.98. The Bertz CT molecular complexity index is 364. The van der Waals surface area contributed by atoms with Gasteiger partial charge in [0.15, 0.2) is 0 Å². The van der Waals surface area contributed by atoms with Crippen LogP contribution in [0.5, 0.6) is 0 Å². The van der Waals surface area contributed by atoms with Crippen molar-refractivity contribution in [2.75, 3.05) is 5.43 Å². The summed E-state index contributed by atoms with van der Waals surface area (Å²) >= 11 is 0. The van der Waals surface area contributed by atoms with E-state index in [1.807, 2.05) is 13.0 Å². The minimum Gasteiger partial charge on any atom is -0.308 e. The van der Waals surface area contributed by atoms with Crippen molar-refractivity contribution in [1.82, 2.24) is 9.97 Å². The Balaban J connectivity index is 2.17. The number of anilines is 1. The van der Waals surface area contributed by atoms with E-state index >= 15 is 0 Å². The average molecular weight is 220 g/mol. The number of nitrogens with one attached hydrogen (secondary N) is 1. The first-order valence-electron chi connectivity index (χ1n) is 6.05. The Morgan fingerprint density at radius 2 is 2.25 bits per heavy atom. The molecular formula is C12H20N4. The van der Waals surface area contributed by atoms with Crippen molar-refractivity contribution in [3.8, 4) is 0 Å². The van der Waals surface area contributed by atoms with Gasteiger partial charge >= 0.3 is 0 Å². The Morgan fingerprint density at radius 1 is 1.44 bits per heavy atom. The minimum absolute atomic E-state index is 0.525. The second kappa shape index (κ2) is 4.78. The lowest BCUT2D eigenvalue weighted by atomic mass is 10.0. The fraction of sp³-hybridized carbons (Fsp3) is 0.667. The molecule has 1 aromatic heterocycles. The standard InChI is InChI=1S/C12H20N4/c1-3-9-4-5-10(7-9)12-14-8(2)6-11(15-12)16-13/h6,9-10H,3-5,7,13H2,1-2H3,(H,14,15,16). The topological polar surface area (TPSA) is 63.8 Å². The summed E-state index contributed by atoms with van der Waals surface area (Å²) in [6.07, 6.45) is 5.02. The van der Waals surface area contributed by atoms with Crippen molar-refractivity contribution in [3.05, 3.63) is 17.6 Å². The summed E-state index contributed by atoms with van der Waals surface area (Å²) in [5.74, 6) is 8.46. The zero-order valence-corrected chi connectivity index (χ0v) is 10.0. The molecule has 1 aliphatic rings. The largest absolute Gasteiger partial charge is 0.308 e. The number of aryl methyl sites for hydroxylation is 1. The van der Waals surface area contributed by atoms with Gasteiger partial charge in [-0.25, -0.2) is 15.8 Å². The molecule has 16 heavy (non-hydrogen) atoms. The summed E-state index contributed by atoms with van der Waals surface area (Å²) in [7, 11) is 0. The van der Waals surface area contributed by atoms with Gasteiger partial charge in [0.05, 0.1) is 0 Å². The van der Waals surface area contributed by atoms with Crippen LogP contribution in [0.1, 0.15) is 50.0 Å². The van der Waals surface area contributed by atoms with Crippen LogP contribution in [-0.4, -0.2) is 9.97 Å². The molecule has 1 fully saturated rings. The molecule has 4 nitrogen and oxygen atoms in total. The maximum absolute atomic E-state index is 5.40. The molecule has 0 aromatic carbocycles. The summed E-state index contributed by atoms with van der Waals surface area (Å²) in [5, 5.41) is 0. The number of hydrogen-bond acceptors (Lipinski definition) is 4. The molecule has 2 unspecified atom stereocenters. The van der Waals surface area contributed by atoms with E-state index in [4.69, 9.17) is 5.84 Å². The number of hydrazine groups is 1. The lowest BCUT2D eigenvalue weighted by molar-refractivity contribution is 0.516. The Kier molecular flexibility index (Phi) is 3.39. The van der Waals surface area contributed by atoms with E-state index in [1.54, 1.807) is 0 Å². The van der Waals surface area contributed by atoms with Gasteiger partial charge in [-0.1, -0.05) is 13.3 Å². The van der Waals surface area contributed by atoms with E-state index in [2.05, 4.69) is 22.3 Å². The van der Waals surface area contributed by atoms with Crippen molar-refractivity contribution in [3.63, 3.8) is 0 Å². The van der Waals surface area contributed by atoms with Crippen LogP contribution in [0.3, 0.4) is 0 Å². The second-order valence-corrected chi connectivity index (χ2v) is 4.68. The molecule has 0 spiro atoms. The predicted molar refractivity (Wildman–Crippen MR) is 65.0 cm³/mol. The fourth-order valence-corrected chi connectivity index (χ4v) is 2.53. The van der Waals surface area contributed by atoms with Crippen LogP contribution in [0.15, 0.2) is 6.07 Å². The van der Waals surface area contributed by atoms with E-state index < -0.39 is 0 Å². The average Bonchev–Trinajstić information content (AvgIpc) is 2.76. The molecule has 0 radical (unpaired) electrons. The van der Waals surface area contributed by atoms with E-state index in [1.165, 1.54) is 25.7 Å². The highest BCUT2D eigenvalue weighted by Crippen LogP contribution is 2.38. The van der Waals surface area contributed by atoms with E-state index in [0.717, 1.165) is 23.3 Å². The Hall–Kier alpha value is -1.16. The third-order valence-corrected chi connectivity index (χ3v) is 3.50. The van der Waals surface area contributed by atoms with E-state index in [9.17, 15) is 0 Å². The molecule has 1 aromatic rings. The van der Waals surface area contributed by atoms with Gasteiger partial charge in [-0.05, 0) is 32.1 Å². The lowest BCUT2D eigenvalue weighted by Gasteiger charge is -2.11. The molecular weight excluding hydrogens is 200 g/mol. The van der Waals surface area contributed by atoms with Crippen molar-refractivity contribution < 1.29 is 0 Å². The van der Waals surface area contributed by atoms with Crippen LogP contribution >= 0.6 is 0 Å². The highest BCUT2D eigenvalue weighted by Gasteiger charge is 2.26. The Labute approximate surface area is 96.6 Å². The second-order valence-electron chi connectivity index (χ2n) is 4.68. The molecule has 2 atom stereocenters. The quantitative estimate of drug-likeness (QED) is 0.606. The van der Waals surface area contributed by atoms with E-state index in [0.29, 0.717) is 5.92 Å². The third-order valence-electron chi connectivity index (χ3n) is 3.50. The molecule has 1 heterocycles. The molecule has 3 N–H and O–H groups in total. The normalized spacial score (nSPS) is 24.7. The lowest BCUT2D eigenvalue weighted by Crippen LogP contribution is -2.12. The van der Waals surface area contributed by atoms with Crippen LogP contribution in [0.2, 0.25) is 0 Å². The number of rotatable bonds is 3. The number of aromatic nitrogens is 2. The van der Waals surface area contributed by atoms with Crippen LogP contribution in [0.25, 0.3) is 0 Å². The summed E-state index contributed by atoms with van der Waals surface area (Å²) in [5.41, 5.74) is 3.59. The molecule has 0 amide bonds. The molecule has 0 saturated heterocycles. The van der Waals surface area contributed by atoms with Gasteiger partial charge in [0, 0.05) is 17.7 Å². The first kappa shape index (κ1) is 11.3. The van der Waals surface area contributed by atoms with Gasteiger partial charge in [-0.2, -0.15) is 0 Å². The highest BCUT2D eigenvalue weighted by atomic mass is 15.3. The summed E-state index contributed by atoms with van der Waals surface area (Å²) < 4.78 is 0. The number of hydrogen-bond donors (Lipinski definition) is 2. The van der Waals surface area contributed by atoms with Crippen LogP contribution in [0, 0.1) is 12.8 Å². The van der Waals surface area contributed by atoms with Gasteiger partial charge < -0.3 is 5.43 Å². The first-order valence-corrected chi connectivity index (χ1v) is 6.05. The number of nitrogens with zero attached hydrogens (tertiary/aromatic N) is 2. The van der Waals surface area contributed by atoms with Gasteiger partial charge in [0.25, 0.3) is 0 Å². The maximum Gasteiger partial charge on any atom is 0.143 e. The van der Waals surface area contributed by atoms with Crippen molar-refractivity contribution in [2.45, 2.75) is 45.4 Å². The molecule has 88 valence electrons. The highest BCUT2D eigenvalue weighted by molar-refractivity contribution is 5.34. The molecule has 1 saturated carbocycles. The molecule has 2 rings (SSSR count). The van der Waals surface area contributed by atoms with Crippen LogP contribution in [-0.2, 0) is 0 Å². The number of nitrogen functional groups attached to an aromatic ring is 1. The predicted octanol–water partition coefficient (Wildman–Crippen LogP) is 2.36. The number of nitrogens with two attached hydrogens (primary N) is 1.